The van der Waals surface area contributed by atoms with Gasteiger partial charge in [0, 0.05) is 45.2 Å². The number of rotatable bonds is 5. The zero-order valence-electron chi connectivity index (χ0n) is 15.0. The molecule has 0 aromatic heterocycles. The van der Waals surface area contributed by atoms with E-state index in [4.69, 9.17) is 4.74 Å². The van der Waals surface area contributed by atoms with E-state index >= 15 is 0 Å². The summed E-state index contributed by atoms with van der Waals surface area (Å²) in [7, 11) is 4.26. The second-order valence-corrected chi connectivity index (χ2v) is 7.42. The third-order valence-corrected chi connectivity index (χ3v) is 5.20. The lowest BCUT2D eigenvalue weighted by molar-refractivity contribution is -0.0241. The van der Waals surface area contributed by atoms with Crippen LogP contribution < -0.4 is 0 Å². The Bertz CT molecular complexity index is 508. The Morgan fingerprint density at radius 2 is 1.92 bits per heavy atom. The molecule has 3 rings (SSSR count). The summed E-state index contributed by atoms with van der Waals surface area (Å²) in [5.41, 5.74) is 1.18. The standard InChI is InChI=1S/C19H30FN3O/c1-21(2)9-10-22-11-12-24-19-15-23(8-7-17(19)14-22)13-16-3-5-18(20)6-4-16/h3-6,17,19H,7-15H2,1-2H3/t17-,19-/m1/s1. The van der Waals surface area contributed by atoms with Crippen LogP contribution in [0, 0.1) is 11.7 Å². The fraction of sp³-hybridized carbons (Fsp3) is 0.684. The summed E-state index contributed by atoms with van der Waals surface area (Å²) >= 11 is 0. The van der Waals surface area contributed by atoms with Crippen molar-refractivity contribution in [1.29, 1.82) is 0 Å². The molecule has 24 heavy (non-hydrogen) atoms. The summed E-state index contributed by atoms with van der Waals surface area (Å²) in [6.07, 6.45) is 1.52. The van der Waals surface area contributed by atoms with Crippen molar-refractivity contribution in [3.05, 3.63) is 35.6 Å². The summed E-state index contributed by atoms with van der Waals surface area (Å²) < 4.78 is 19.2. The molecule has 0 N–H and O–H groups in total. The van der Waals surface area contributed by atoms with Crippen LogP contribution in [0.15, 0.2) is 24.3 Å². The van der Waals surface area contributed by atoms with Gasteiger partial charge in [-0.25, -0.2) is 4.39 Å². The van der Waals surface area contributed by atoms with Crippen LogP contribution in [0.2, 0.25) is 0 Å². The molecule has 4 nitrogen and oxygen atoms in total. The van der Waals surface area contributed by atoms with E-state index in [2.05, 4.69) is 28.8 Å². The molecule has 2 aliphatic heterocycles. The molecule has 0 bridgehead atoms. The number of nitrogens with zero attached hydrogens (tertiary/aromatic N) is 3. The Balaban J connectivity index is 1.51. The molecule has 0 radical (unpaired) electrons. The van der Waals surface area contributed by atoms with E-state index in [-0.39, 0.29) is 5.82 Å². The lowest BCUT2D eigenvalue weighted by Crippen LogP contribution is -2.46. The fourth-order valence-corrected chi connectivity index (χ4v) is 3.72. The molecule has 0 saturated carbocycles. The number of halogens is 1. The molecule has 0 amide bonds. The third kappa shape index (κ3) is 4.99. The van der Waals surface area contributed by atoms with Gasteiger partial charge in [-0.2, -0.15) is 0 Å². The van der Waals surface area contributed by atoms with Crippen LogP contribution in [0.25, 0.3) is 0 Å². The van der Waals surface area contributed by atoms with Crippen molar-refractivity contribution in [2.45, 2.75) is 19.1 Å². The highest BCUT2D eigenvalue weighted by Crippen LogP contribution is 2.25. The van der Waals surface area contributed by atoms with E-state index < -0.39 is 0 Å². The third-order valence-electron chi connectivity index (χ3n) is 5.20. The van der Waals surface area contributed by atoms with Gasteiger partial charge in [0.1, 0.15) is 5.82 Å². The molecular formula is C19H30FN3O. The van der Waals surface area contributed by atoms with Crippen molar-refractivity contribution in [2.75, 3.05) is 60.0 Å². The molecular weight excluding hydrogens is 305 g/mol. The normalized spacial score (nSPS) is 26.3. The zero-order chi connectivity index (χ0) is 16.9. The second kappa shape index (κ2) is 8.39. The van der Waals surface area contributed by atoms with Gasteiger partial charge in [0.2, 0.25) is 0 Å². The Labute approximate surface area is 145 Å². The number of likely N-dealkylation sites (N-methyl/N-ethyl adjacent to an activating group) is 1. The Hall–Kier alpha value is -1.01. The van der Waals surface area contributed by atoms with Crippen LogP contribution in [0.5, 0.6) is 0 Å². The smallest absolute Gasteiger partial charge is 0.123 e. The van der Waals surface area contributed by atoms with Gasteiger partial charge >= 0.3 is 0 Å². The van der Waals surface area contributed by atoms with Crippen molar-refractivity contribution in [3.8, 4) is 0 Å². The van der Waals surface area contributed by atoms with Crippen LogP contribution in [0.4, 0.5) is 4.39 Å². The maximum atomic E-state index is 13.0. The van der Waals surface area contributed by atoms with Crippen molar-refractivity contribution < 1.29 is 9.13 Å². The number of likely N-dealkylation sites (tertiary alicyclic amines) is 1. The average Bonchev–Trinajstić information content (AvgIpc) is 2.76. The van der Waals surface area contributed by atoms with Gasteiger partial charge in [-0.05, 0) is 44.8 Å². The van der Waals surface area contributed by atoms with Crippen LogP contribution in [0.3, 0.4) is 0 Å². The molecule has 2 aliphatic rings. The first-order valence-electron chi connectivity index (χ1n) is 9.05. The zero-order valence-corrected chi connectivity index (χ0v) is 15.0. The van der Waals surface area contributed by atoms with E-state index in [1.165, 1.54) is 12.0 Å². The maximum absolute atomic E-state index is 13.0. The largest absolute Gasteiger partial charge is 0.375 e. The van der Waals surface area contributed by atoms with Crippen molar-refractivity contribution in [3.63, 3.8) is 0 Å². The number of fused-ring (bicyclic) bond motifs is 1. The van der Waals surface area contributed by atoms with Gasteiger partial charge in [0.05, 0.1) is 12.7 Å². The van der Waals surface area contributed by atoms with Crippen LogP contribution in [-0.2, 0) is 11.3 Å². The minimum atomic E-state index is -0.164. The van der Waals surface area contributed by atoms with E-state index in [0.29, 0.717) is 12.0 Å². The Kier molecular flexibility index (Phi) is 6.22. The van der Waals surface area contributed by atoms with E-state index in [1.807, 2.05) is 12.1 Å². The predicted molar refractivity (Wildman–Crippen MR) is 94.5 cm³/mol. The van der Waals surface area contributed by atoms with Gasteiger partial charge in [-0.1, -0.05) is 12.1 Å². The molecule has 0 spiro atoms. The van der Waals surface area contributed by atoms with Gasteiger partial charge in [0.15, 0.2) is 0 Å². The highest BCUT2D eigenvalue weighted by atomic mass is 19.1. The first-order chi connectivity index (χ1) is 11.6. The quantitative estimate of drug-likeness (QED) is 0.818. The molecule has 2 saturated heterocycles. The second-order valence-electron chi connectivity index (χ2n) is 7.42. The minimum Gasteiger partial charge on any atom is -0.375 e. The summed E-state index contributed by atoms with van der Waals surface area (Å²) in [4.78, 5) is 7.25. The first kappa shape index (κ1) is 17.8. The first-order valence-corrected chi connectivity index (χ1v) is 9.05. The molecule has 0 aliphatic carbocycles. The highest BCUT2D eigenvalue weighted by Gasteiger charge is 2.33. The molecule has 2 heterocycles. The van der Waals surface area contributed by atoms with Crippen LogP contribution in [-0.4, -0.2) is 80.8 Å². The minimum absolute atomic E-state index is 0.164. The number of hydrogen-bond donors (Lipinski definition) is 0. The summed E-state index contributed by atoms with van der Waals surface area (Å²) in [6, 6.07) is 6.87. The topological polar surface area (TPSA) is 19.0 Å². The van der Waals surface area contributed by atoms with E-state index in [1.54, 1.807) is 12.1 Å². The van der Waals surface area contributed by atoms with Gasteiger partial charge in [0.25, 0.3) is 0 Å². The van der Waals surface area contributed by atoms with Crippen molar-refractivity contribution in [2.24, 2.45) is 5.92 Å². The molecule has 1 aromatic rings. The average molecular weight is 335 g/mol. The molecule has 2 fully saturated rings. The molecule has 1 aromatic carbocycles. The van der Waals surface area contributed by atoms with Gasteiger partial charge in [-0.15, -0.1) is 0 Å². The SMILES string of the molecule is CN(C)CCN1CCO[C@@H]2CN(Cc3ccc(F)cc3)CC[C@@H]2C1. The monoisotopic (exact) mass is 335 g/mol. The summed E-state index contributed by atoms with van der Waals surface area (Å²) in [6.45, 7) is 8.23. The lowest BCUT2D eigenvalue weighted by Gasteiger charge is -2.38. The highest BCUT2D eigenvalue weighted by molar-refractivity contribution is 5.16. The predicted octanol–water partition coefficient (Wildman–Crippen LogP) is 1.91. The molecule has 134 valence electrons. The van der Waals surface area contributed by atoms with Crippen LogP contribution in [0.1, 0.15) is 12.0 Å². The van der Waals surface area contributed by atoms with Crippen LogP contribution >= 0.6 is 0 Å². The van der Waals surface area contributed by atoms with E-state index in [0.717, 1.165) is 52.4 Å². The Morgan fingerprint density at radius 1 is 1.12 bits per heavy atom. The Morgan fingerprint density at radius 3 is 2.67 bits per heavy atom. The van der Waals surface area contributed by atoms with Gasteiger partial charge in [-0.3, -0.25) is 9.80 Å². The number of hydrogen-bond acceptors (Lipinski definition) is 4. The number of piperidine rings is 1. The molecule has 2 atom stereocenters. The lowest BCUT2D eigenvalue weighted by atomic mass is 9.93. The summed E-state index contributed by atoms with van der Waals surface area (Å²) in [5, 5.41) is 0. The fourth-order valence-electron chi connectivity index (χ4n) is 3.72. The number of ether oxygens (including phenoxy) is 1. The molecule has 5 heteroatoms. The maximum Gasteiger partial charge on any atom is 0.123 e. The van der Waals surface area contributed by atoms with E-state index in [9.17, 15) is 4.39 Å². The molecule has 0 unspecified atom stereocenters. The van der Waals surface area contributed by atoms with Gasteiger partial charge < -0.3 is 9.64 Å². The van der Waals surface area contributed by atoms with Crippen molar-refractivity contribution >= 4 is 0 Å². The number of benzene rings is 1. The van der Waals surface area contributed by atoms with Crippen molar-refractivity contribution in [1.82, 2.24) is 14.7 Å². The summed E-state index contributed by atoms with van der Waals surface area (Å²) in [5.74, 6) is 0.474.